The second-order valence-corrected chi connectivity index (χ2v) is 5.99. The maximum atomic E-state index is 11.4. The Balaban J connectivity index is 2.28. The minimum Gasteiger partial charge on any atom is -0.477 e. The molecule has 0 fully saturated rings. The summed E-state index contributed by atoms with van der Waals surface area (Å²) in [7, 11) is 3.70. The summed E-state index contributed by atoms with van der Waals surface area (Å²) >= 11 is 1.72. The Labute approximate surface area is 122 Å². The molecule has 0 aliphatic carbocycles. The Morgan fingerprint density at radius 1 is 1.60 bits per heavy atom. The molecule has 0 aliphatic rings. The van der Waals surface area contributed by atoms with E-state index < -0.39 is 5.97 Å². The van der Waals surface area contributed by atoms with Crippen molar-refractivity contribution in [1.29, 1.82) is 0 Å². The van der Waals surface area contributed by atoms with E-state index in [-0.39, 0.29) is 11.6 Å². The number of carbonyl (C=O) groups is 1. The molecule has 0 bridgehead atoms. The van der Waals surface area contributed by atoms with Crippen molar-refractivity contribution in [3.8, 4) is 0 Å². The second kappa shape index (κ2) is 5.66. The van der Waals surface area contributed by atoms with E-state index in [1.807, 2.05) is 18.0 Å². The Kier molecular flexibility index (Phi) is 4.13. The molecule has 0 saturated heterocycles. The molecular formula is C14H19N3O2S. The lowest BCUT2D eigenvalue weighted by molar-refractivity contribution is 0.0696. The van der Waals surface area contributed by atoms with Gasteiger partial charge >= 0.3 is 5.97 Å². The number of hydrogen-bond acceptors (Lipinski definition) is 4. The first-order valence-corrected chi connectivity index (χ1v) is 7.32. The van der Waals surface area contributed by atoms with E-state index in [0.717, 1.165) is 6.42 Å². The predicted molar refractivity (Wildman–Crippen MR) is 80.8 cm³/mol. The summed E-state index contributed by atoms with van der Waals surface area (Å²) in [4.78, 5) is 14.7. The summed E-state index contributed by atoms with van der Waals surface area (Å²) in [5.41, 5.74) is 0.832. The Morgan fingerprint density at radius 2 is 2.30 bits per heavy atom. The van der Waals surface area contributed by atoms with E-state index in [0.29, 0.717) is 11.5 Å². The Morgan fingerprint density at radius 3 is 2.85 bits per heavy atom. The zero-order valence-corrected chi connectivity index (χ0v) is 12.9. The van der Waals surface area contributed by atoms with E-state index >= 15 is 0 Å². The molecule has 20 heavy (non-hydrogen) atoms. The maximum absolute atomic E-state index is 11.4. The van der Waals surface area contributed by atoms with Gasteiger partial charge in [-0.1, -0.05) is 6.07 Å². The number of aromatic nitrogens is 2. The van der Waals surface area contributed by atoms with E-state index in [1.54, 1.807) is 30.0 Å². The van der Waals surface area contributed by atoms with Crippen LogP contribution in [0.5, 0.6) is 0 Å². The van der Waals surface area contributed by atoms with Crippen molar-refractivity contribution < 1.29 is 9.90 Å². The third kappa shape index (κ3) is 2.70. The summed E-state index contributed by atoms with van der Waals surface area (Å²) in [5, 5.41) is 15.7. The van der Waals surface area contributed by atoms with Crippen LogP contribution in [-0.2, 0) is 13.5 Å². The number of carboxylic acids is 1. The molecular weight excluding hydrogens is 274 g/mol. The summed E-state index contributed by atoms with van der Waals surface area (Å²) < 4.78 is 1.64. The van der Waals surface area contributed by atoms with Crippen molar-refractivity contribution >= 4 is 23.1 Å². The number of aromatic carboxylic acids is 1. The van der Waals surface area contributed by atoms with Crippen LogP contribution in [0.15, 0.2) is 17.5 Å². The van der Waals surface area contributed by atoms with Gasteiger partial charge in [-0.3, -0.25) is 4.68 Å². The number of carboxylic acid groups (broad SMARTS) is 1. The van der Waals surface area contributed by atoms with Crippen LogP contribution < -0.4 is 4.90 Å². The number of anilines is 1. The molecule has 0 aliphatic heterocycles. The summed E-state index contributed by atoms with van der Waals surface area (Å²) in [6.07, 6.45) is 0.886. The third-order valence-electron chi connectivity index (χ3n) is 3.48. The standard InChI is InChI=1S/C14H19N3O2S/c1-9(8-11-6-5-7-20-11)16(3)13-12(14(18)19)10(2)15-17(13)4/h5-7,9H,8H2,1-4H3,(H,18,19). The molecule has 2 aromatic rings. The third-order valence-corrected chi connectivity index (χ3v) is 4.38. The molecule has 0 radical (unpaired) electrons. The average molecular weight is 293 g/mol. The fraction of sp³-hybridized carbons (Fsp3) is 0.429. The van der Waals surface area contributed by atoms with Gasteiger partial charge in [-0.05, 0) is 25.3 Å². The van der Waals surface area contributed by atoms with Crippen LogP contribution in [0.1, 0.15) is 27.9 Å². The monoisotopic (exact) mass is 293 g/mol. The van der Waals surface area contributed by atoms with Gasteiger partial charge < -0.3 is 10.0 Å². The number of rotatable bonds is 5. The molecule has 0 spiro atoms. The number of hydrogen-bond donors (Lipinski definition) is 1. The van der Waals surface area contributed by atoms with Gasteiger partial charge in [0.15, 0.2) is 0 Å². The van der Waals surface area contributed by atoms with Gasteiger partial charge in [-0.25, -0.2) is 4.79 Å². The number of aryl methyl sites for hydroxylation is 2. The number of thiophene rings is 1. The van der Waals surface area contributed by atoms with Gasteiger partial charge in [0.2, 0.25) is 0 Å². The van der Waals surface area contributed by atoms with Crippen LogP contribution in [0.2, 0.25) is 0 Å². The fourth-order valence-corrected chi connectivity index (χ4v) is 3.19. The van der Waals surface area contributed by atoms with Crippen LogP contribution in [0.25, 0.3) is 0 Å². The molecule has 1 unspecified atom stereocenters. The average Bonchev–Trinajstić information content (AvgIpc) is 2.95. The molecule has 2 heterocycles. The van der Waals surface area contributed by atoms with Crippen molar-refractivity contribution in [2.75, 3.05) is 11.9 Å². The Bertz CT molecular complexity index is 604. The SMILES string of the molecule is Cc1nn(C)c(N(C)C(C)Cc2cccs2)c1C(=O)O. The van der Waals surface area contributed by atoms with Crippen molar-refractivity contribution in [3.05, 3.63) is 33.6 Å². The lowest BCUT2D eigenvalue weighted by atomic mass is 10.1. The smallest absolute Gasteiger partial charge is 0.341 e. The van der Waals surface area contributed by atoms with Gasteiger partial charge in [0, 0.05) is 31.4 Å². The maximum Gasteiger partial charge on any atom is 0.341 e. The minimum absolute atomic E-state index is 0.196. The van der Waals surface area contributed by atoms with E-state index in [9.17, 15) is 9.90 Å². The summed E-state index contributed by atoms with van der Waals surface area (Å²) in [6, 6.07) is 4.33. The second-order valence-electron chi connectivity index (χ2n) is 4.96. The van der Waals surface area contributed by atoms with Crippen LogP contribution in [0.4, 0.5) is 5.82 Å². The highest BCUT2D eigenvalue weighted by atomic mass is 32.1. The topological polar surface area (TPSA) is 58.4 Å². The van der Waals surface area contributed by atoms with Crippen molar-refractivity contribution in [3.63, 3.8) is 0 Å². The molecule has 5 nitrogen and oxygen atoms in total. The van der Waals surface area contributed by atoms with Gasteiger partial charge in [-0.15, -0.1) is 11.3 Å². The van der Waals surface area contributed by atoms with Gasteiger partial charge in [0.1, 0.15) is 11.4 Å². The molecule has 0 aromatic carbocycles. The molecule has 108 valence electrons. The largest absolute Gasteiger partial charge is 0.477 e. The molecule has 1 N–H and O–H groups in total. The first-order valence-electron chi connectivity index (χ1n) is 6.44. The zero-order valence-electron chi connectivity index (χ0n) is 12.1. The summed E-state index contributed by atoms with van der Waals surface area (Å²) in [6.45, 7) is 3.82. The minimum atomic E-state index is -0.930. The van der Waals surface area contributed by atoms with Crippen LogP contribution >= 0.6 is 11.3 Å². The van der Waals surface area contributed by atoms with E-state index in [2.05, 4.69) is 23.5 Å². The molecule has 1 atom stereocenters. The quantitative estimate of drug-likeness (QED) is 0.920. The molecule has 2 rings (SSSR count). The van der Waals surface area contributed by atoms with E-state index in [1.165, 1.54) is 4.88 Å². The van der Waals surface area contributed by atoms with Crippen molar-refractivity contribution in [2.24, 2.45) is 7.05 Å². The van der Waals surface area contributed by atoms with Crippen LogP contribution in [-0.4, -0.2) is 33.9 Å². The van der Waals surface area contributed by atoms with Crippen molar-refractivity contribution in [2.45, 2.75) is 26.3 Å². The highest BCUT2D eigenvalue weighted by Crippen LogP contribution is 2.25. The Hall–Kier alpha value is -1.82. The molecule has 2 aromatic heterocycles. The normalized spacial score (nSPS) is 12.4. The summed E-state index contributed by atoms with van der Waals surface area (Å²) in [5.74, 6) is -0.278. The molecule has 6 heteroatoms. The lowest BCUT2D eigenvalue weighted by Gasteiger charge is -2.27. The fourth-order valence-electron chi connectivity index (χ4n) is 2.37. The van der Waals surface area contributed by atoms with Gasteiger partial charge in [-0.2, -0.15) is 5.10 Å². The highest BCUT2D eigenvalue weighted by molar-refractivity contribution is 7.09. The predicted octanol–water partition coefficient (Wildman–Crippen LogP) is 2.56. The zero-order chi connectivity index (χ0) is 14.9. The number of likely N-dealkylation sites (N-methyl/N-ethyl adjacent to an activating group) is 1. The van der Waals surface area contributed by atoms with Crippen LogP contribution in [0.3, 0.4) is 0 Å². The highest BCUT2D eigenvalue weighted by Gasteiger charge is 2.25. The molecule has 0 saturated carbocycles. The first-order chi connectivity index (χ1) is 9.41. The number of nitrogens with zero attached hydrogens (tertiary/aromatic N) is 3. The van der Waals surface area contributed by atoms with E-state index in [4.69, 9.17) is 0 Å². The van der Waals surface area contributed by atoms with Gasteiger partial charge in [0.25, 0.3) is 0 Å². The molecule has 0 amide bonds. The van der Waals surface area contributed by atoms with Crippen LogP contribution in [0, 0.1) is 6.92 Å². The first kappa shape index (κ1) is 14.6. The lowest BCUT2D eigenvalue weighted by Crippen LogP contribution is -2.33. The van der Waals surface area contributed by atoms with Gasteiger partial charge in [0.05, 0.1) is 5.69 Å². The van der Waals surface area contributed by atoms with Crippen molar-refractivity contribution in [1.82, 2.24) is 9.78 Å².